The molecule has 1 aliphatic carbocycles. The first-order valence-electron chi connectivity index (χ1n) is 5.97. The van der Waals surface area contributed by atoms with Gasteiger partial charge in [0.15, 0.2) is 0 Å². The van der Waals surface area contributed by atoms with Crippen molar-refractivity contribution in [3.8, 4) is 0 Å². The number of amides is 1. The molecule has 88 valence electrons. The van der Waals surface area contributed by atoms with E-state index < -0.39 is 5.54 Å². The van der Waals surface area contributed by atoms with E-state index in [1.807, 2.05) is 20.9 Å². The summed E-state index contributed by atoms with van der Waals surface area (Å²) in [6.07, 6.45) is 5.17. The van der Waals surface area contributed by atoms with Crippen LogP contribution in [-0.2, 0) is 4.79 Å². The maximum Gasteiger partial charge on any atom is 0.239 e. The summed E-state index contributed by atoms with van der Waals surface area (Å²) in [6, 6.07) is 0.313. The van der Waals surface area contributed by atoms with Crippen LogP contribution in [0.1, 0.15) is 46.5 Å². The van der Waals surface area contributed by atoms with Crippen LogP contribution in [0.25, 0.3) is 0 Å². The average Bonchev–Trinajstić information content (AvgIpc) is 2.70. The number of hydrogen-bond acceptors (Lipinski definition) is 2. The largest absolute Gasteiger partial charge is 0.352 e. The normalized spacial score (nSPS) is 20.3. The maximum atomic E-state index is 11.9. The van der Waals surface area contributed by atoms with Crippen LogP contribution < -0.4 is 10.6 Å². The third-order valence-corrected chi connectivity index (χ3v) is 3.66. The van der Waals surface area contributed by atoms with E-state index in [-0.39, 0.29) is 5.91 Å². The molecular formula is C12H24N2O. The lowest BCUT2D eigenvalue weighted by Gasteiger charge is -2.28. The molecule has 1 amide bonds. The van der Waals surface area contributed by atoms with Crippen LogP contribution in [0.15, 0.2) is 0 Å². The molecule has 0 saturated heterocycles. The van der Waals surface area contributed by atoms with Gasteiger partial charge in [-0.1, -0.05) is 12.8 Å². The highest BCUT2D eigenvalue weighted by Gasteiger charge is 2.29. The summed E-state index contributed by atoms with van der Waals surface area (Å²) in [5, 5.41) is 6.14. The van der Waals surface area contributed by atoms with Gasteiger partial charge >= 0.3 is 0 Å². The highest BCUT2D eigenvalue weighted by Crippen LogP contribution is 2.27. The van der Waals surface area contributed by atoms with Gasteiger partial charge in [0.1, 0.15) is 0 Å². The predicted molar refractivity (Wildman–Crippen MR) is 62.7 cm³/mol. The zero-order chi connectivity index (χ0) is 11.5. The molecule has 0 radical (unpaired) electrons. The van der Waals surface area contributed by atoms with E-state index in [2.05, 4.69) is 17.6 Å². The topological polar surface area (TPSA) is 41.1 Å². The second kappa shape index (κ2) is 4.97. The molecule has 0 bridgehead atoms. The van der Waals surface area contributed by atoms with Gasteiger partial charge in [-0.25, -0.2) is 0 Å². The van der Waals surface area contributed by atoms with Crippen molar-refractivity contribution in [2.75, 3.05) is 7.05 Å². The molecule has 3 heteroatoms. The quantitative estimate of drug-likeness (QED) is 0.744. The summed E-state index contributed by atoms with van der Waals surface area (Å²) in [6.45, 7) is 5.94. The Morgan fingerprint density at radius 2 is 1.87 bits per heavy atom. The van der Waals surface area contributed by atoms with Gasteiger partial charge in [-0.15, -0.1) is 0 Å². The molecule has 0 heterocycles. The van der Waals surface area contributed by atoms with Crippen molar-refractivity contribution in [1.29, 1.82) is 0 Å². The van der Waals surface area contributed by atoms with Gasteiger partial charge in [-0.2, -0.15) is 0 Å². The van der Waals surface area contributed by atoms with E-state index in [1.165, 1.54) is 25.7 Å². The number of hydrogen-bond donors (Lipinski definition) is 2. The van der Waals surface area contributed by atoms with Crippen molar-refractivity contribution in [1.82, 2.24) is 10.6 Å². The van der Waals surface area contributed by atoms with Gasteiger partial charge < -0.3 is 10.6 Å². The van der Waals surface area contributed by atoms with Crippen LogP contribution in [0.5, 0.6) is 0 Å². The summed E-state index contributed by atoms with van der Waals surface area (Å²) < 4.78 is 0. The molecule has 1 fully saturated rings. The number of nitrogens with one attached hydrogen (secondary N) is 2. The minimum atomic E-state index is -0.465. The minimum absolute atomic E-state index is 0.101. The molecule has 0 spiro atoms. The maximum absolute atomic E-state index is 11.9. The number of likely N-dealkylation sites (N-methyl/N-ethyl adjacent to an activating group) is 1. The molecule has 3 nitrogen and oxygen atoms in total. The number of carbonyl (C=O) groups excluding carboxylic acids is 1. The van der Waals surface area contributed by atoms with E-state index in [0.717, 1.165) is 0 Å². The lowest BCUT2D eigenvalue weighted by molar-refractivity contribution is -0.127. The molecular weight excluding hydrogens is 188 g/mol. The smallest absolute Gasteiger partial charge is 0.239 e. The Kier molecular flexibility index (Phi) is 4.14. The van der Waals surface area contributed by atoms with Crippen LogP contribution >= 0.6 is 0 Å². The molecule has 1 aliphatic rings. The summed E-state index contributed by atoms with van der Waals surface area (Å²) >= 11 is 0. The second-order valence-electron chi connectivity index (χ2n) is 5.18. The van der Waals surface area contributed by atoms with Gasteiger partial charge in [-0.3, -0.25) is 4.79 Å². The van der Waals surface area contributed by atoms with Crippen molar-refractivity contribution < 1.29 is 4.79 Å². The Balaban J connectivity index is 2.43. The Morgan fingerprint density at radius 3 is 2.33 bits per heavy atom. The van der Waals surface area contributed by atoms with Crippen molar-refractivity contribution >= 4 is 5.91 Å². The van der Waals surface area contributed by atoms with Crippen molar-refractivity contribution in [2.24, 2.45) is 5.92 Å². The fourth-order valence-electron chi connectivity index (χ4n) is 2.08. The molecule has 0 aromatic carbocycles. The van der Waals surface area contributed by atoms with Gasteiger partial charge in [0.2, 0.25) is 5.91 Å². The first-order valence-corrected chi connectivity index (χ1v) is 5.97. The zero-order valence-corrected chi connectivity index (χ0v) is 10.4. The summed E-state index contributed by atoms with van der Waals surface area (Å²) in [7, 11) is 1.82. The van der Waals surface area contributed by atoms with Gasteiger partial charge in [0.25, 0.3) is 0 Å². The van der Waals surface area contributed by atoms with Crippen LogP contribution in [0.3, 0.4) is 0 Å². The molecule has 0 aromatic heterocycles. The highest BCUT2D eigenvalue weighted by atomic mass is 16.2. The SMILES string of the molecule is CNC(C)(C)C(=O)NC(C)C1CCCC1. The Labute approximate surface area is 93.0 Å². The molecule has 0 aromatic rings. The highest BCUT2D eigenvalue weighted by molar-refractivity contribution is 5.85. The number of rotatable bonds is 4. The van der Waals surface area contributed by atoms with Crippen molar-refractivity contribution in [3.63, 3.8) is 0 Å². The van der Waals surface area contributed by atoms with E-state index in [0.29, 0.717) is 12.0 Å². The van der Waals surface area contributed by atoms with E-state index >= 15 is 0 Å². The Hall–Kier alpha value is -0.570. The summed E-state index contributed by atoms with van der Waals surface area (Å²) in [5.74, 6) is 0.783. The van der Waals surface area contributed by atoms with E-state index in [9.17, 15) is 4.79 Å². The van der Waals surface area contributed by atoms with E-state index in [1.54, 1.807) is 0 Å². The molecule has 1 rings (SSSR count). The zero-order valence-electron chi connectivity index (χ0n) is 10.4. The average molecular weight is 212 g/mol. The monoisotopic (exact) mass is 212 g/mol. The summed E-state index contributed by atoms with van der Waals surface area (Å²) in [4.78, 5) is 11.9. The molecule has 1 unspecified atom stereocenters. The lowest BCUT2D eigenvalue weighted by atomic mass is 9.97. The van der Waals surface area contributed by atoms with Crippen LogP contribution in [-0.4, -0.2) is 24.5 Å². The summed E-state index contributed by atoms with van der Waals surface area (Å²) in [5.41, 5.74) is -0.465. The molecule has 15 heavy (non-hydrogen) atoms. The predicted octanol–water partition coefficient (Wildman–Crippen LogP) is 1.68. The number of carbonyl (C=O) groups is 1. The Bertz CT molecular complexity index is 220. The third kappa shape index (κ3) is 3.20. The Morgan fingerprint density at radius 1 is 1.33 bits per heavy atom. The van der Waals surface area contributed by atoms with Gasteiger partial charge in [0, 0.05) is 6.04 Å². The first-order chi connectivity index (χ1) is 6.97. The van der Waals surface area contributed by atoms with Crippen molar-refractivity contribution in [3.05, 3.63) is 0 Å². The molecule has 0 aliphatic heterocycles. The van der Waals surface area contributed by atoms with Crippen LogP contribution in [0.2, 0.25) is 0 Å². The van der Waals surface area contributed by atoms with Crippen LogP contribution in [0.4, 0.5) is 0 Å². The minimum Gasteiger partial charge on any atom is -0.352 e. The molecule has 1 atom stereocenters. The van der Waals surface area contributed by atoms with Crippen LogP contribution in [0, 0.1) is 5.92 Å². The molecule has 2 N–H and O–H groups in total. The third-order valence-electron chi connectivity index (χ3n) is 3.66. The fraction of sp³-hybridized carbons (Fsp3) is 0.917. The standard InChI is InChI=1S/C12H24N2O/c1-9(10-7-5-6-8-10)14-11(15)12(2,3)13-4/h9-10,13H,5-8H2,1-4H3,(H,14,15). The molecule has 1 saturated carbocycles. The second-order valence-corrected chi connectivity index (χ2v) is 5.18. The van der Waals surface area contributed by atoms with Gasteiger partial charge in [0.05, 0.1) is 5.54 Å². The van der Waals surface area contributed by atoms with E-state index in [4.69, 9.17) is 0 Å². The first kappa shape index (κ1) is 12.5. The van der Waals surface area contributed by atoms with Gasteiger partial charge in [-0.05, 0) is 46.6 Å². The van der Waals surface area contributed by atoms with Crippen molar-refractivity contribution in [2.45, 2.75) is 58.0 Å². The fourth-order valence-corrected chi connectivity index (χ4v) is 2.08. The lowest BCUT2D eigenvalue weighted by Crippen LogP contribution is -2.54.